The van der Waals surface area contributed by atoms with Crippen molar-refractivity contribution in [3.8, 4) is 0 Å². The number of nitrogens with one attached hydrogen (secondary N) is 1. The van der Waals surface area contributed by atoms with E-state index < -0.39 is 0 Å². The predicted molar refractivity (Wildman–Crippen MR) is 89.1 cm³/mol. The first-order chi connectivity index (χ1) is 9.87. The van der Waals surface area contributed by atoms with Gasteiger partial charge in [0.15, 0.2) is 0 Å². The molecule has 0 aromatic heterocycles. The Labute approximate surface area is 130 Å². The average molecular weight is 297 g/mol. The molecule has 0 bridgehead atoms. The van der Waals surface area contributed by atoms with Crippen LogP contribution in [0.1, 0.15) is 58.8 Å². The molecule has 1 atom stereocenters. The summed E-state index contributed by atoms with van der Waals surface area (Å²) in [5, 5.41) is 3.25. The van der Waals surface area contributed by atoms with Gasteiger partial charge in [0.1, 0.15) is 0 Å². The fourth-order valence-electron chi connectivity index (χ4n) is 3.56. The summed E-state index contributed by atoms with van der Waals surface area (Å²) in [6.45, 7) is 5.96. The maximum absolute atomic E-state index is 12.5. The summed E-state index contributed by atoms with van der Waals surface area (Å²) >= 11 is 0. The van der Waals surface area contributed by atoms with E-state index in [1.165, 1.54) is 19.3 Å². The normalized spacial score (nSPS) is 19.8. The zero-order valence-electron chi connectivity index (χ0n) is 14.5. The minimum absolute atomic E-state index is 0.0584. The van der Waals surface area contributed by atoms with E-state index in [9.17, 15) is 4.79 Å². The molecule has 0 saturated heterocycles. The molecule has 1 amide bonds. The van der Waals surface area contributed by atoms with Crippen LogP contribution in [0.15, 0.2) is 0 Å². The highest BCUT2D eigenvalue weighted by molar-refractivity contribution is 5.77. The molecule has 4 heteroatoms. The van der Waals surface area contributed by atoms with Gasteiger partial charge in [0.25, 0.3) is 0 Å². The van der Waals surface area contributed by atoms with Crippen molar-refractivity contribution in [2.75, 3.05) is 27.2 Å². The maximum atomic E-state index is 12.5. The van der Waals surface area contributed by atoms with Crippen molar-refractivity contribution in [3.05, 3.63) is 0 Å². The minimum atomic E-state index is 0.0584. The lowest BCUT2D eigenvalue weighted by Crippen LogP contribution is -2.45. The van der Waals surface area contributed by atoms with Gasteiger partial charge in [-0.3, -0.25) is 4.79 Å². The molecule has 1 rings (SSSR count). The lowest BCUT2D eigenvalue weighted by atomic mass is 9.71. The second-order valence-corrected chi connectivity index (χ2v) is 7.60. The summed E-state index contributed by atoms with van der Waals surface area (Å²) in [7, 11) is 4.12. The lowest BCUT2D eigenvalue weighted by Gasteiger charge is -2.36. The molecule has 124 valence electrons. The van der Waals surface area contributed by atoms with Gasteiger partial charge in [-0.2, -0.15) is 0 Å². The summed E-state index contributed by atoms with van der Waals surface area (Å²) in [6.07, 6.45) is 7.58. The van der Waals surface area contributed by atoms with Crippen LogP contribution in [0.25, 0.3) is 0 Å². The van der Waals surface area contributed by atoms with Crippen molar-refractivity contribution >= 4 is 5.91 Å². The van der Waals surface area contributed by atoms with Crippen molar-refractivity contribution in [2.45, 2.75) is 64.8 Å². The van der Waals surface area contributed by atoms with Gasteiger partial charge in [-0.15, -0.1) is 0 Å². The summed E-state index contributed by atoms with van der Waals surface area (Å²) in [4.78, 5) is 14.6. The van der Waals surface area contributed by atoms with Crippen LogP contribution >= 0.6 is 0 Å². The van der Waals surface area contributed by atoms with Crippen LogP contribution in [-0.2, 0) is 4.79 Å². The number of amides is 1. The van der Waals surface area contributed by atoms with Crippen LogP contribution in [0.4, 0.5) is 0 Å². The molecule has 1 unspecified atom stereocenters. The SMILES string of the molecule is CC(C)CC(CN(C)C)NC(=O)CC1(CN)CCCCC1. The smallest absolute Gasteiger partial charge is 0.220 e. The number of carbonyl (C=O) groups excluding carboxylic acids is 1. The number of nitrogens with two attached hydrogens (primary N) is 1. The van der Waals surface area contributed by atoms with Gasteiger partial charge < -0.3 is 16.0 Å². The van der Waals surface area contributed by atoms with E-state index in [1.54, 1.807) is 0 Å². The fourth-order valence-corrected chi connectivity index (χ4v) is 3.56. The third kappa shape index (κ3) is 6.79. The molecule has 0 radical (unpaired) electrons. The fraction of sp³-hybridized carbons (Fsp3) is 0.941. The quantitative estimate of drug-likeness (QED) is 0.723. The molecule has 0 heterocycles. The van der Waals surface area contributed by atoms with Gasteiger partial charge in [0, 0.05) is 19.0 Å². The number of likely N-dealkylation sites (N-methyl/N-ethyl adjacent to an activating group) is 1. The van der Waals surface area contributed by atoms with Crippen molar-refractivity contribution in [3.63, 3.8) is 0 Å². The molecule has 1 saturated carbocycles. The highest BCUT2D eigenvalue weighted by Crippen LogP contribution is 2.38. The van der Waals surface area contributed by atoms with Crippen molar-refractivity contribution in [2.24, 2.45) is 17.1 Å². The van der Waals surface area contributed by atoms with E-state index in [0.717, 1.165) is 25.8 Å². The van der Waals surface area contributed by atoms with Crippen LogP contribution in [0.2, 0.25) is 0 Å². The van der Waals surface area contributed by atoms with E-state index in [-0.39, 0.29) is 17.4 Å². The van der Waals surface area contributed by atoms with E-state index >= 15 is 0 Å². The molecule has 1 aliphatic carbocycles. The van der Waals surface area contributed by atoms with Crippen molar-refractivity contribution < 1.29 is 4.79 Å². The Morgan fingerprint density at radius 2 is 1.86 bits per heavy atom. The Morgan fingerprint density at radius 3 is 2.33 bits per heavy atom. The van der Waals surface area contributed by atoms with Gasteiger partial charge in [0.05, 0.1) is 0 Å². The van der Waals surface area contributed by atoms with Crippen LogP contribution in [0.5, 0.6) is 0 Å². The first kappa shape index (κ1) is 18.4. The molecular weight excluding hydrogens is 262 g/mol. The largest absolute Gasteiger partial charge is 0.352 e. The van der Waals surface area contributed by atoms with Gasteiger partial charge in [0.2, 0.25) is 5.91 Å². The second kappa shape index (κ2) is 8.74. The second-order valence-electron chi connectivity index (χ2n) is 7.60. The summed E-state index contributed by atoms with van der Waals surface area (Å²) in [5.74, 6) is 0.781. The number of hydrogen-bond donors (Lipinski definition) is 2. The zero-order valence-corrected chi connectivity index (χ0v) is 14.5. The third-order valence-corrected chi connectivity index (χ3v) is 4.59. The summed E-state index contributed by atoms with van der Waals surface area (Å²) in [5.41, 5.74) is 6.05. The van der Waals surface area contributed by atoms with Gasteiger partial charge in [-0.05, 0) is 51.2 Å². The summed E-state index contributed by atoms with van der Waals surface area (Å²) in [6, 6.07) is 0.242. The molecule has 21 heavy (non-hydrogen) atoms. The molecule has 0 aliphatic heterocycles. The molecule has 1 fully saturated rings. The molecule has 0 aromatic carbocycles. The minimum Gasteiger partial charge on any atom is -0.352 e. The topological polar surface area (TPSA) is 58.4 Å². The lowest BCUT2D eigenvalue weighted by molar-refractivity contribution is -0.124. The molecule has 1 aliphatic rings. The Morgan fingerprint density at radius 1 is 1.24 bits per heavy atom. The van der Waals surface area contributed by atoms with Gasteiger partial charge in [-0.25, -0.2) is 0 Å². The van der Waals surface area contributed by atoms with E-state index in [2.05, 4.69) is 38.2 Å². The Bertz CT molecular complexity index is 299. The predicted octanol–water partition coefficient (Wildman–Crippen LogP) is 2.38. The van der Waals surface area contributed by atoms with Crippen LogP contribution in [0.3, 0.4) is 0 Å². The number of rotatable bonds is 8. The van der Waals surface area contributed by atoms with E-state index in [1.807, 2.05) is 0 Å². The Hall–Kier alpha value is -0.610. The molecular formula is C17H35N3O. The van der Waals surface area contributed by atoms with Crippen LogP contribution < -0.4 is 11.1 Å². The molecule has 4 nitrogen and oxygen atoms in total. The first-order valence-electron chi connectivity index (χ1n) is 8.51. The first-order valence-corrected chi connectivity index (χ1v) is 8.51. The van der Waals surface area contributed by atoms with Gasteiger partial charge >= 0.3 is 0 Å². The van der Waals surface area contributed by atoms with Crippen LogP contribution in [-0.4, -0.2) is 44.0 Å². The van der Waals surface area contributed by atoms with Crippen molar-refractivity contribution in [1.82, 2.24) is 10.2 Å². The summed E-state index contributed by atoms with van der Waals surface area (Å²) < 4.78 is 0. The molecule has 3 N–H and O–H groups in total. The zero-order chi connectivity index (χ0) is 15.9. The maximum Gasteiger partial charge on any atom is 0.220 e. The van der Waals surface area contributed by atoms with E-state index in [4.69, 9.17) is 5.73 Å². The Kier molecular flexibility index (Phi) is 7.67. The number of nitrogens with zero attached hydrogens (tertiary/aromatic N) is 1. The highest BCUT2D eigenvalue weighted by atomic mass is 16.1. The number of hydrogen-bond acceptors (Lipinski definition) is 3. The average Bonchev–Trinajstić information content (AvgIpc) is 2.37. The highest BCUT2D eigenvalue weighted by Gasteiger charge is 2.33. The van der Waals surface area contributed by atoms with Crippen molar-refractivity contribution in [1.29, 1.82) is 0 Å². The Balaban J connectivity index is 2.55. The van der Waals surface area contributed by atoms with Gasteiger partial charge in [-0.1, -0.05) is 33.1 Å². The standard InChI is InChI=1S/C17H35N3O/c1-14(2)10-15(12-20(3)4)19-16(21)11-17(13-18)8-6-5-7-9-17/h14-15H,5-13,18H2,1-4H3,(H,19,21). The monoisotopic (exact) mass is 297 g/mol. The number of carbonyl (C=O) groups is 1. The molecule has 0 aromatic rings. The molecule has 0 spiro atoms. The van der Waals surface area contributed by atoms with Crippen LogP contribution in [0, 0.1) is 11.3 Å². The third-order valence-electron chi connectivity index (χ3n) is 4.59. The van der Waals surface area contributed by atoms with E-state index in [0.29, 0.717) is 18.9 Å².